The number of aromatic hydroxyl groups is 2. The first-order chi connectivity index (χ1) is 11.0. The van der Waals surface area contributed by atoms with E-state index in [0.717, 1.165) is 0 Å². The summed E-state index contributed by atoms with van der Waals surface area (Å²) in [4.78, 5) is 23.6. The zero-order chi connectivity index (χ0) is 16.8. The highest BCUT2D eigenvalue weighted by molar-refractivity contribution is 5.98. The highest BCUT2D eigenvalue weighted by Gasteiger charge is 2.27. The Balaban J connectivity index is 2.06. The van der Waals surface area contributed by atoms with Crippen LogP contribution in [0.2, 0.25) is 0 Å². The summed E-state index contributed by atoms with van der Waals surface area (Å²) in [7, 11) is 0. The van der Waals surface area contributed by atoms with Crippen LogP contribution in [0.4, 0.5) is 0 Å². The number of phenolic OH excluding ortho intramolecular Hbond substituents is 2. The molecule has 0 heterocycles. The van der Waals surface area contributed by atoms with Gasteiger partial charge in [-0.25, -0.2) is 0 Å². The van der Waals surface area contributed by atoms with E-state index < -0.39 is 17.7 Å². The lowest BCUT2D eigenvalue weighted by atomic mass is 9.91. The average molecular weight is 314 g/mol. The molecule has 3 N–H and O–H groups in total. The highest BCUT2D eigenvalue weighted by Crippen LogP contribution is 2.23. The Kier molecular flexibility index (Phi) is 5.36. The molecule has 0 aliphatic carbocycles. The van der Waals surface area contributed by atoms with Crippen LogP contribution in [0.25, 0.3) is 0 Å². The Labute approximate surface area is 133 Å². The van der Waals surface area contributed by atoms with Crippen molar-refractivity contribution in [3.8, 4) is 11.5 Å². The quantitative estimate of drug-likeness (QED) is 0.683. The van der Waals surface area contributed by atoms with Gasteiger partial charge in [-0.15, -0.1) is 0 Å². The van der Waals surface area contributed by atoms with Crippen LogP contribution in [0.15, 0.2) is 48.5 Å². The zero-order valence-electron chi connectivity index (χ0n) is 12.5. The van der Waals surface area contributed by atoms with Crippen LogP contribution >= 0.6 is 0 Å². The Morgan fingerprint density at radius 1 is 0.870 bits per heavy atom. The maximum Gasteiger partial charge on any atom is 0.314 e. The summed E-state index contributed by atoms with van der Waals surface area (Å²) in [5, 5.41) is 28.7. The molecule has 2 aromatic carbocycles. The van der Waals surface area contributed by atoms with Crippen molar-refractivity contribution in [2.24, 2.45) is 5.92 Å². The summed E-state index contributed by atoms with van der Waals surface area (Å²) in [5.41, 5.74) is 1.03. The second-order valence-electron chi connectivity index (χ2n) is 5.32. The number of hydrogen-bond acceptors (Lipinski definition) is 4. The topological polar surface area (TPSA) is 94.8 Å². The van der Waals surface area contributed by atoms with Crippen LogP contribution in [-0.4, -0.2) is 27.1 Å². The van der Waals surface area contributed by atoms with Crippen molar-refractivity contribution in [2.45, 2.75) is 19.3 Å². The molecule has 1 unspecified atom stereocenters. The minimum absolute atomic E-state index is 0.0160. The number of carbonyl (C=O) groups excluding carboxylic acids is 1. The summed E-state index contributed by atoms with van der Waals surface area (Å²) in [5.74, 6) is -2.78. The fourth-order valence-corrected chi connectivity index (χ4v) is 2.40. The van der Waals surface area contributed by atoms with Crippen molar-refractivity contribution < 1.29 is 24.9 Å². The second kappa shape index (κ2) is 7.45. The van der Waals surface area contributed by atoms with Crippen molar-refractivity contribution in [1.82, 2.24) is 0 Å². The summed E-state index contributed by atoms with van der Waals surface area (Å²) < 4.78 is 0. The summed E-state index contributed by atoms with van der Waals surface area (Å²) in [6.07, 6.45) is 0.236. The molecule has 1 atom stereocenters. The van der Waals surface area contributed by atoms with E-state index in [4.69, 9.17) is 0 Å². The van der Waals surface area contributed by atoms with Crippen LogP contribution in [-0.2, 0) is 22.4 Å². The van der Waals surface area contributed by atoms with Gasteiger partial charge in [0.1, 0.15) is 23.2 Å². The SMILES string of the molecule is O=C(O)C(Cc1ccccc1O)C(=O)CCc1ccccc1O. The standard InChI is InChI=1S/C18H18O5/c19-15-7-3-1-5-12(15)9-10-17(21)14(18(22)23)11-13-6-2-4-8-16(13)20/h1-8,14,19-20H,9-11H2,(H,22,23). The van der Waals surface area contributed by atoms with Gasteiger partial charge in [0.15, 0.2) is 0 Å². The van der Waals surface area contributed by atoms with Gasteiger partial charge in [-0.05, 0) is 36.1 Å². The van der Waals surface area contributed by atoms with Crippen LogP contribution in [0.5, 0.6) is 11.5 Å². The molecule has 0 bridgehead atoms. The van der Waals surface area contributed by atoms with E-state index in [9.17, 15) is 24.9 Å². The molecule has 0 saturated carbocycles. The molecule has 0 saturated heterocycles. The van der Waals surface area contributed by atoms with Crippen LogP contribution < -0.4 is 0 Å². The molecule has 0 aromatic heterocycles. The number of para-hydroxylation sites is 2. The number of carboxylic acids is 1. The molecule has 120 valence electrons. The maximum atomic E-state index is 12.2. The van der Waals surface area contributed by atoms with Crippen molar-refractivity contribution in [3.05, 3.63) is 59.7 Å². The number of hydrogen-bond donors (Lipinski definition) is 3. The molecule has 5 nitrogen and oxygen atoms in total. The molecule has 0 aliphatic heterocycles. The first-order valence-electron chi connectivity index (χ1n) is 7.28. The molecule has 0 radical (unpaired) electrons. The number of phenols is 2. The lowest BCUT2D eigenvalue weighted by molar-refractivity contribution is -0.146. The van der Waals surface area contributed by atoms with Gasteiger partial charge in [-0.2, -0.15) is 0 Å². The summed E-state index contributed by atoms with van der Waals surface area (Å²) >= 11 is 0. The molecule has 5 heteroatoms. The molecule has 2 aromatic rings. The minimum Gasteiger partial charge on any atom is -0.508 e. The van der Waals surface area contributed by atoms with E-state index in [1.54, 1.807) is 36.4 Å². The van der Waals surface area contributed by atoms with E-state index in [2.05, 4.69) is 0 Å². The first kappa shape index (κ1) is 16.5. The third-order valence-electron chi connectivity index (χ3n) is 3.73. The third kappa shape index (κ3) is 4.32. The number of Topliss-reactive ketones (excluding diaryl/α,β-unsaturated/α-hetero) is 1. The van der Waals surface area contributed by atoms with Gasteiger partial charge in [0, 0.05) is 6.42 Å². The number of carboxylic acid groups (broad SMARTS) is 1. The van der Waals surface area contributed by atoms with Gasteiger partial charge in [0.2, 0.25) is 0 Å². The van der Waals surface area contributed by atoms with Gasteiger partial charge >= 0.3 is 5.97 Å². The van der Waals surface area contributed by atoms with E-state index in [-0.39, 0.29) is 30.8 Å². The Morgan fingerprint density at radius 3 is 1.91 bits per heavy atom. The first-order valence-corrected chi connectivity index (χ1v) is 7.28. The van der Waals surface area contributed by atoms with E-state index >= 15 is 0 Å². The number of benzene rings is 2. The monoisotopic (exact) mass is 314 g/mol. The number of rotatable bonds is 7. The van der Waals surface area contributed by atoms with Gasteiger partial charge in [0.05, 0.1) is 0 Å². The fourth-order valence-electron chi connectivity index (χ4n) is 2.40. The second-order valence-corrected chi connectivity index (χ2v) is 5.32. The molecule has 0 aliphatic rings. The van der Waals surface area contributed by atoms with Gasteiger partial charge in [-0.1, -0.05) is 36.4 Å². The van der Waals surface area contributed by atoms with E-state index in [1.165, 1.54) is 12.1 Å². The molecule has 0 fully saturated rings. The molecule has 0 spiro atoms. The average Bonchev–Trinajstić information content (AvgIpc) is 2.52. The van der Waals surface area contributed by atoms with Gasteiger partial charge in [0.25, 0.3) is 0 Å². The van der Waals surface area contributed by atoms with Crippen molar-refractivity contribution >= 4 is 11.8 Å². The maximum absolute atomic E-state index is 12.2. The highest BCUT2D eigenvalue weighted by atomic mass is 16.4. The lowest BCUT2D eigenvalue weighted by Gasteiger charge is -2.13. The normalized spacial score (nSPS) is 11.8. The third-order valence-corrected chi connectivity index (χ3v) is 3.73. The Morgan fingerprint density at radius 2 is 1.39 bits per heavy atom. The van der Waals surface area contributed by atoms with E-state index in [0.29, 0.717) is 11.1 Å². The fraction of sp³-hybridized carbons (Fsp3) is 0.222. The number of aryl methyl sites for hydroxylation is 1. The van der Waals surface area contributed by atoms with Crippen LogP contribution in [0, 0.1) is 5.92 Å². The van der Waals surface area contributed by atoms with Crippen molar-refractivity contribution in [2.75, 3.05) is 0 Å². The molecular weight excluding hydrogens is 296 g/mol. The molecule has 0 amide bonds. The minimum atomic E-state index is -1.21. The van der Waals surface area contributed by atoms with Crippen LogP contribution in [0.1, 0.15) is 17.5 Å². The zero-order valence-corrected chi connectivity index (χ0v) is 12.5. The number of aliphatic carboxylic acids is 1. The lowest BCUT2D eigenvalue weighted by Crippen LogP contribution is -2.26. The van der Waals surface area contributed by atoms with Gasteiger partial charge in [-0.3, -0.25) is 9.59 Å². The summed E-state index contributed by atoms with van der Waals surface area (Å²) in [6, 6.07) is 13.0. The van der Waals surface area contributed by atoms with Gasteiger partial charge < -0.3 is 15.3 Å². The number of ketones is 1. The predicted molar refractivity (Wildman–Crippen MR) is 84.4 cm³/mol. The number of carbonyl (C=O) groups is 2. The Hall–Kier alpha value is -2.82. The van der Waals surface area contributed by atoms with E-state index in [1.807, 2.05) is 0 Å². The smallest absolute Gasteiger partial charge is 0.314 e. The molecule has 23 heavy (non-hydrogen) atoms. The summed E-state index contributed by atoms with van der Waals surface area (Å²) in [6.45, 7) is 0. The largest absolute Gasteiger partial charge is 0.508 e. The van der Waals surface area contributed by atoms with Crippen molar-refractivity contribution in [3.63, 3.8) is 0 Å². The predicted octanol–water partition coefficient (Wildman–Crippen LogP) is 2.54. The Bertz CT molecular complexity index is 708. The van der Waals surface area contributed by atoms with Crippen LogP contribution in [0.3, 0.4) is 0 Å². The van der Waals surface area contributed by atoms with Crippen molar-refractivity contribution in [1.29, 1.82) is 0 Å². The molecule has 2 rings (SSSR count). The molecular formula is C18H18O5.